The molecule has 1 aliphatic rings. The smallest absolute Gasteiger partial charge is 0.119 e. The van der Waals surface area contributed by atoms with Crippen LogP contribution in [-0.4, -0.2) is 12.2 Å². The molecule has 0 unspecified atom stereocenters. The molecule has 1 aromatic rings. The summed E-state index contributed by atoms with van der Waals surface area (Å²) in [6.45, 7) is 0. The molecule has 0 bridgehead atoms. The summed E-state index contributed by atoms with van der Waals surface area (Å²) in [7, 11) is 1.63. The molecule has 12 heavy (non-hydrogen) atoms. The van der Waals surface area contributed by atoms with Crippen molar-refractivity contribution >= 4 is 0 Å². The van der Waals surface area contributed by atoms with E-state index >= 15 is 0 Å². The van der Waals surface area contributed by atoms with Crippen LogP contribution >= 0.6 is 0 Å². The van der Waals surface area contributed by atoms with Crippen LogP contribution in [0.3, 0.4) is 0 Å². The molecule has 64 valence electrons. The van der Waals surface area contributed by atoms with E-state index in [0.29, 0.717) is 0 Å². The highest BCUT2D eigenvalue weighted by atomic mass is 16.5. The van der Waals surface area contributed by atoms with Crippen LogP contribution in [0.5, 0.6) is 5.75 Å². The summed E-state index contributed by atoms with van der Waals surface area (Å²) in [6.07, 6.45) is 1.75. The normalized spacial score (nSPS) is 18.8. The molecule has 1 N–H and O–H groups in total. The van der Waals surface area contributed by atoms with Gasteiger partial charge in [-0.2, -0.15) is 0 Å². The van der Waals surface area contributed by atoms with Crippen molar-refractivity contribution in [3.8, 4) is 5.75 Å². The first-order valence-electron chi connectivity index (χ1n) is 4.11. The number of aliphatic hydroxyl groups is 1. The predicted molar refractivity (Wildman–Crippen MR) is 46.1 cm³/mol. The molecule has 2 rings (SSSR count). The standard InChI is InChI=1S/C10H12O2/c1-12-9-4-2-3-8(7-9)10(11)5-6-10/h2-4,7,11H,5-6H2,1H3. The second-order valence-electron chi connectivity index (χ2n) is 3.26. The minimum atomic E-state index is -0.547. The van der Waals surface area contributed by atoms with Crippen molar-refractivity contribution in [3.63, 3.8) is 0 Å². The minimum Gasteiger partial charge on any atom is -0.497 e. The zero-order chi connectivity index (χ0) is 8.60. The summed E-state index contributed by atoms with van der Waals surface area (Å²) in [5.74, 6) is 0.813. The van der Waals surface area contributed by atoms with Crippen LogP contribution < -0.4 is 4.74 Å². The Labute approximate surface area is 71.8 Å². The molecule has 0 aliphatic heterocycles. The van der Waals surface area contributed by atoms with E-state index in [1.54, 1.807) is 7.11 Å². The van der Waals surface area contributed by atoms with Crippen LogP contribution in [0, 0.1) is 0 Å². The highest BCUT2D eigenvalue weighted by molar-refractivity contribution is 5.34. The molecule has 0 heterocycles. The third kappa shape index (κ3) is 1.18. The van der Waals surface area contributed by atoms with Crippen molar-refractivity contribution in [3.05, 3.63) is 29.8 Å². The van der Waals surface area contributed by atoms with Crippen molar-refractivity contribution in [2.24, 2.45) is 0 Å². The van der Waals surface area contributed by atoms with E-state index in [9.17, 15) is 5.11 Å². The van der Waals surface area contributed by atoms with Crippen LogP contribution in [0.1, 0.15) is 18.4 Å². The van der Waals surface area contributed by atoms with E-state index in [1.165, 1.54) is 0 Å². The van der Waals surface area contributed by atoms with Crippen molar-refractivity contribution in [1.29, 1.82) is 0 Å². The van der Waals surface area contributed by atoms with Gasteiger partial charge < -0.3 is 9.84 Å². The molecule has 2 heteroatoms. The summed E-state index contributed by atoms with van der Waals surface area (Å²) in [5, 5.41) is 9.76. The van der Waals surface area contributed by atoms with Crippen LogP contribution in [0.4, 0.5) is 0 Å². The van der Waals surface area contributed by atoms with E-state index in [-0.39, 0.29) is 0 Å². The molecule has 0 aromatic heterocycles. The molecule has 1 saturated carbocycles. The van der Waals surface area contributed by atoms with Crippen molar-refractivity contribution in [2.75, 3.05) is 7.11 Å². The van der Waals surface area contributed by atoms with Gasteiger partial charge in [0, 0.05) is 0 Å². The lowest BCUT2D eigenvalue weighted by atomic mass is 10.1. The molecule has 2 nitrogen and oxygen atoms in total. The van der Waals surface area contributed by atoms with Crippen molar-refractivity contribution in [1.82, 2.24) is 0 Å². The van der Waals surface area contributed by atoms with Crippen LogP contribution in [0.25, 0.3) is 0 Å². The van der Waals surface area contributed by atoms with E-state index in [1.807, 2.05) is 24.3 Å². The average Bonchev–Trinajstić information content (AvgIpc) is 2.85. The minimum absolute atomic E-state index is 0.547. The van der Waals surface area contributed by atoms with Gasteiger partial charge in [-0.15, -0.1) is 0 Å². The van der Waals surface area contributed by atoms with E-state index in [2.05, 4.69) is 0 Å². The maximum atomic E-state index is 9.76. The summed E-state index contributed by atoms with van der Waals surface area (Å²) in [6, 6.07) is 7.63. The van der Waals surface area contributed by atoms with Gasteiger partial charge in [0.2, 0.25) is 0 Å². The number of methoxy groups -OCH3 is 1. The molecule has 1 aromatic carbocycles. The van der Waals surface area contributed by atoms with Crippen molar-refractivity contribution < 1.29 is 9.84 Å². The SMILES string of the molecule is COc1cccc(C2(O)CC2)c1. The number of hydrogen-bond acceptors (Lipinski definition) is 2. The first-order chi connectivity index (χ1) is 5.74. The third-order valence-electron chi connectivity index (χ3n) is 2.33. The lowest BCUT2D eigenvalue weighted by Crippen LogP contribution is -2.03. The maximum absolute atomic E-state index is 9.76. The Morgan fingerprint density at radius 2 is 2.17 bits per heavy atom. The molecule has 0 saturated heterocycles. The van der Waals surface area contributed by atoms with Crippen molar-refractivity contribution in [2.45, 2.75) is 18.4 Å². The average molecular weight is 164 g/mol. The fourth-order valence-corrected chi connectivity index (χ4v) is 1.32. The Morgan fingerprint density at radius 1 is 1.42 bits per heavy atom. The molecule has 0 radical (unpaired) electrons. The first-order valence-corrected chi connectivity index (χ1v) is 4.11. The van der Waals surface area contributed by atoms with Gasteiger partial charge in [-0.25, -0.2) is 0 Å². The Morgan fingerprint density at radius 3 is 2.75 bits per heavy atom. The van der Waals surface area contributed by atoms with Gasteiger partial charge in [0.25, 0.3) is 0 Å². The Balaban J connectivity index is 2.32. The molecule has 0 amide bonds. The van der Waals surface area contributed by atoms with E-state index < -0.39 is 5.60 Å². The van der Waals surface area contributed by atoms with E-state index in [0.717, 1.165) is 24.2 Å². The Kier molecular flexibility index (Phi) is 1.58. The first kappa shape index (κ1) is 7.62. The fraction of sp³-hybridized carbons (Fsp3) is 0.400. The maximum Gasteiger partial charge on any atom is 0.119 e. The zero-order valence-electron chi connectivity index (χ0n) is 7.08. The number of hydrogen-bond donors (Lipinski definition) is 1. The Hall–Kier alpha value is -1.02. The van der Waals surface area contributed by atoms with Gasteiger partial charge in [-0.1, -0.05) is 12.1 Å². The number of rotatable bonds is 2. The summed E-state index contributed by atoms with van der Waals surface area (Å²) >= 11 is 0. The fourth-order valence-electron chi connectivity index (χ4n) is 1.32. The summed E-state index contributed by atoms with van der Waals surface area (Å²) in [5.41, 5.74) is 0.427. The number of ether oxygens (including phenoxy) is 1. The quantitative estimate of drug-likeness (QED) is 0.720. The summed E-state index contributed by atoms with van der Waals surface area (Å²) in [4.78, 5) is 0. The predicted octanol–water partition coefficient (Wildman–Crippen LogP) is 1.68. The molecular weight excluding hydrogens is 152 g/mol. The van der Waals surface area contributed by atoms with E-state index in [4.69, 9.17) is 4.74 Å². The molecule has 1 fully saturated rings. The molecular formula is C10H12O2. The molecule has 0 spiro atoms. The monoisotopic (exact) mass is 164 g/mol. The highest BCUT2D eigenvalue weighted by Gasteiger charge is 2.42. The highest BCUT2D eigenvalue weighted by Crippen LogP contribution is 2.45. The van der Waals surface area contributed by atoms with Crippen LogP contribution in [0.15, 0.2) is 24.3 Å². The van der Waals surface area contributed by atoms with Gasteiger partial charge >= 0.3 is 0 Å². The number of benzene rings is 1. The molecule has 1 aliphatic carbocycles. The van der Waals surface area contributed by atoms with Gasteiger partial charge in [-0.05, 0) is 30.5 Å². The molecule has 0 atom stereocenters. The van der Waals surface area contributed by atoms with Gasteiger partial charge in [-0.3, -0.25) is 0 Å². The topological polar surface area (TPSA) is 29.5 Å². The largest absolute Gasteiger partial charge is 0.497 e. The third-order valence-corrected chi connectivity index (χ3v) is 2.33. The Bertz CT molecular complexity index is 290. The van der Waals surface area contributed by atoms with Crippen LogP contribution in [0.2, 0.25) is 0 Å². The van der Waals surface area contributed by atoms with Crippen LogP contribution in [-0.2, 0) is 5.60 Å². The summed E-state index contributed by atoms with van der Waals surface area (Å²) < 4.78 is 5.07. The van der Waals surface area contributed by atoms with Gasteiger partial charge in [0.1, 0.15) is 5.75 Å². The second kappa shape index (κ2) is 2.49. The lowest BCUT2D eigenvalue weighted by molar-refractivity contribution is 0.151. The van der Waals surface area contributed by atoms with Gasteiger partial charge in [0.15, 0.2) is 0 Å². The second-order valence-corrected chi connectivity index (χ2v) is 3.26. The van der Waals surface area contributed by atoms with Gasteiger partial charge in [0.05, 0.1) is 12.7 Å². The lowest BCUT2D eigenvalue weighted by Gasteiger charge is -2.08. The zero-order valence-corrected chi connectivity index (χ0v) is 7.08.